The first-order valence-electron chi connectivity index (χ1n) is 6.36. The van der Waals surface area contributed by atoms with Crippen LogP contribution in [-0.4, -0.2) is 18.0 Å². The molecule has 1 aromatic rings. The van der Waals surface area contributed by atoms with Crippen molar-refractivity contribution in [3.8, 4) is 11.5 Å². The van der Waals surface area contributed by atoms with Gasteiger partial charge in [-0.15, -0.1) is 0 Å². The number of unbranched alkanes of at least 4 members (excludes halogenated alkanes) is 1. The van der Waals surface area contributed by atoms with E-state index in [-0.39, 0.29) is 11.2 Å². The molecular weight excluding hydrogens is 228 g/mol. The molecule has 0 atom stereocenters. The van der Waals surface area contributed by atoms with E-state index in [0.717, 1.165) is 18.4 Å². The van der Waals surface area contributed by atoms with Gasteiger partial charge in [0.2, 0.25) is 0 Å². The van der Waals surface area contributed by atoms with E-state index < -0.39 is 0 Å². The van der Waals surface area contributed by atoms with Gasteiger partial charge in [-0.1, -0.05) is 40.2 Å². The van der Waals surface area contributed by atoms with Crippen LogP contribution in [0.15, 0.2) is 12.1 Å². The van der Waals surface area contributed by atoms with Crippen molar-refractivity contribution in [2.24, 2.45) is 0 Å². The molecule has 1 aromatic carbocycles. The Morgan fingerprint density at radius 2 is 2.00 bits per heavy atom. The predicted molar refractivity (Wildman–Crippen MR) is 72.6 cm³/mol. The monoisotopic (exact) mass is 250 g/mol. The second-order valence-electron chi connectivity index (χ2n) is 5.44. The quantitative estimate of drug-likeness (QED) is 0.640. The van der Waals surface area contributed by atoms with Crippen LogP contribution in [0.1, 0.15) is 56.5 Å². The molecule has 0 aliphatic heterocycles. The molecule has 0 amide bonds. The molecule has 0 aromatic heterocycles. The number of hydrogen-bond acceptors (Lipinski definition) is 3. The van der Waals surface area contributed by atoms with Gasteiger partial charge in [-0.2, -0.15) is 0 Å². The Labute approximate surface area is 109 Å². The number of rotatable bonds is 5. The Bertz CT molecular complexity index is 416. The van der Waals surface area contributed by atoms with Gasteiger partial charge in [-0.25, -0.2) is 0 Å². The van der Waals surface area contributed by atoms with Crippen LogP contribution in [0, 0.1) is 0 Å². The molecule has 0 bridgehead atoms. The van der Waals surface area contributed by atoms with Crippen LogP contribution in [-0.2, 0) is 5.41 Å². The van der Waals surface area contributed by atoms with Gasteiger partial charge < -0.3 is 9.84 Å². The van der Waals surface area contributed by atoms with Gasteiger partial charge in [-0.05, 0) is 23.5 Å². The summed E-state index contributed by atoms with van der Waals surface area (Å²) in [5, 5.41) is 10.1. The Morgan fingerprint density at radius 1 is 1.33 bits per heavy atom. The van der Waals surface area contributed by atoms with E-state index in [1.165, 1.54) is 0 Å². The molecule has 0 heterocycles. The predicted octanol–water partition coefficient (Wildman–Crippen LogP) is 3.68. The molecular formula is C15H22O3. The van der Waals surface area contributed by atoms with Crippen molar-refractivity contribution < 1.29 is 14.6 Å². The van der Waals surface area contributed by atoms with E-state index in [9.17, 15) is 9.90 Å². The first kappa shape index (κ1) is 14.6. The number of phenolic OH excluding ortho intramolecular Hbond substituents is 1. The number of carbonyl (C=O) groups is 1. The highest BCUT2D eigenvalue weighted by Gasteiger charge is 2.22. The molecule has 100 valence electrons. The number of phenols is 1. The van der Waals surface area contributed by atoms with Crippen molar-refractivity contribution >= 4 is 6.29 Å². The highest BCUT2D eigenvalue weighted by molar-refractivity contribution is 5.84. The number of benzene rings is 1. The van der Waals surface area contributed by atoms with Crippen LogP contribution in [0.3, 0.4) is 0 Å². The summed E-state index contributed by atoms with van der Waals surface area (Å²) in [5.41, 5.74) is 0.977. The van der Waals surface area contributed by atoms with Crippen LogP contribution in [0.5, 0.6) is 11.5 Å². The maximum atomic E-state index is 11.2. The third kappa shape index (κ3) is 3.25. The van der Waals surface area contributed by atoms with E-state index in [1.54, 1.807) is 6.07 Å². The summed E-state index contributed by atoms with van der Waals surface area (Å²) in [6.45, 7) is 8.64. The molecule has 1 rings (SSSR count). The SMILES string of the molecule is CCCCOc1ccc(C(C)(C)C)c(C=O)c1O. The van der Waals surface area contributed by atoms with E-state index in [2.05, 4.69) is 6.92 Å². The van der Waals surface area contributed by atoms with E-state index in [0.29, 0.717) is 24.2 Å². The Kier molecular flexibility index (Phi) is 4.76. The molecule has 0 spiro atoms. The normalized spacial score (nSPS) is 11.3. The molecule has 0 aliphatic rings. The summed E-state index contributed by atoms with van der Waals surface area (Å²) in [7, 11) is 0. The fourth-order valence-corrected chi connectivity index (χ4v) is 1.80. The molecule has 0 fully saturated rings. The minimum absolute atomic E-state index is 0.0477. The van der Waals surface area contributed by atoms with Crippen LogP contribution in [0.4, 0.5) is 0 Å². The van der Waals surface area contributed by atoms with Gasteiger partial charge in [0.15, 0.2) is 17.8 Å². The smallest absolute Gasteiger partial charge is 0.168 e. The molecule has 3 heteroatoms. The fraction of sp³-hybridized carbons (Fsp3) is 0.533. The summed E-state index contributed by atoms with van der Waals surface area (Å²) < 4.78 is 5.48. The lowest BCUT2D eigenvalue weighted by molar-refractivity contribution is 0.111. The van der Waals surface area contributed by atoms with Crippen molar-refractivity contribution in [2.45, 2.75) is 46.0 Å². The number of ether oxygens (including phenoxy) is 1. The summed E-state index contributed by atoms with van der Waals surface area (Å²) in [6.07, 6.45) is 2.65. The highest BCUT2D eigenvalue weighted by atomic mass is 16.5. The van der Waals surface area contributed by atoms with Gasteiger partial charge in [0.05, 0.1) is 12.2 Å². The lowest BCUT2D eigenvalue weighted by atomic mass is 9.83. The van der Waals surface area contributed by atoms with Gasteiger partial charge in [0.1, 0.15) is 0 Å². The number of carbonyl (C=O) groups excluding carboxylic acids is 1. The van der Waals surface area contributed by atoms with E-state index >= 15 is 0 Å². The summed E-state index contributed by atoms with van der Waals surface area (Å²) >= 11 is 0. The zero-order chi connectivity index (χ0) is 13.8. The van der Waals surface area contributed by atoms with Gasteiger partial charge in [-0.3, -0.25) is 4.79 Å². The average molecular weight is 250 g/mol. The number of aldehydes is 1. The topological polar surface area (TPSA) is 46.5 Å². The maximum absolute atomic E-state index is 11.2. The lowest BCUT2D eigenvalue weighted by Gasteiger charge is -2.22. The third-order valence-corrected chi connectivity index (χ3v) is 2.86. The van der Waals surface area contributed by atoms with Crippen molar-refractivity contribution in [3.63, 3.8) is 0 Å². The van der Waals surface area contributed by atoms with Crippen molar-refractivity contribution in [1.29, 1.82) is 0 Å². The van der Waals surface area contributed by atoms with Crippen LogP contribution in [0.25, 0.3) is 0 Å². The average Bonchev–Trinajstić information content (AvgIpc) is 2.29. The Hall–Kier alpha value is -1.51. The van der Waals surface area contributed by atoms with Crippen molar-refractivity contribution in [1.82, 2.24) is 0 Å². The first-order valence-corrected chi connectivity index (χ1v) is 6.36. The Morgan fingerprint density at radius 3 is 2.50 bits per heavy atom. The van der Waals surface area contributed by atoms with Crippen LogP contribution in [0.2, 0.25) is 0 Å². The van der Waals surface area contributed by atoms with E-state index in [4.69, 9.17) is 4.74 Å². The van der Waals surface area contributed by atoms with Gasteiger partial charge in [0.25, 0.3) is 0 Å². The fourth-order valence-electron chi connectivity index (χ4n) is 1.80. The standard InChI is InChI=1S/C15H22O3/c1-5-6-9-18-13-8-7-12(15(2,3)4)11(10-16)14(13)17/h7-8,10,17H,5-6,9H2,1-4H3. The van der Waals surface area contributed by atoms with E-state index in [1.807, 2.05) is 26.8 Å². The summed E-state index contributed by atoms with van der Waals surface area (Å²) in [5.74, 6) is 0.340. The van der Waals surface area contributed by atoms with Crippen LogP contribution < -0.4 is 4.74 Å². The van der Waals surface area contributed by atoms with Crippen molar-refractivity contribution in [3.05, 3.63) is 23.3 Å². The Balaban J connectivity index is 3.09. The molecule has 1 N–H and O–H groups in total. The molecule has 18 heavy (non-hydrogen) atoms. The largest absolute Gasteiger partial charge is 0.504 e. The van der Waals surface area contributed by atoms with Crippen LogP contribution >= 0.6 is 0 Å². The summed E-state index contributed by atoms with van der Waals surface area (Å²) in [6, 6.07) is 3.59. The van der Waals surface area contributed by atoms with Gasteiger partial charge in [0, 0.05) is 0 Å². The molecule has 0 aliphatic carbocycles. The molecule has 0 saturated carbocycles. The highest BCUT2D eigenvalue weighted by Crippen LogP contribution is 2.36. The maximum Gasteiger partial charge on any atom is 0.168 e. The molecule has 0 unspecified atom stereocenters. The molecule has 0 saturated heterocycles. The number of hydrogen-bond donors (Lipinski definition) is 1. The lowest BCUT2D eigenvalue weighted by Crippen LogP contribution is -2.14. The molecule has 3 nitrogen and oxygen atoms in total. The molecule has 0 radical (unpaired) electrons. The number of aromatic hydroxyl groups is 1. The van der Waals surface area contributed by atoms with Crippen molar-refractivity contribution in [2.75, 3.05) is 6.61 Å². The zero-order valence-electron chi connectivity index (χ0n) is 11.6. The summed E-state index contributed by atoms with van der Waals surface area (Å²) in [4.78, 5) is 11.2. The first-order chi connectivity index (χ1) is 8.41. The minimum atomic E-state index is -0.185. The second-order valence-corrected chi connectivity index (χ2v) is 5.44. The third-order valence-electron chi connectivity index (χ3n) is 2.86. The zero-order valence-corrected chi connectivity index (χ0v) is 11.6. The second kappa shape index (κ2) is 5.89. The minimum Gasteiger partial charge on any atom is -0.504 e. The van der Waals surface area contributed by atoms with Gasteiger partial charge >= 0.3 is 0 Å².